The molecule has 0 bridgehead atoms. The van der Waals surface area contributed by atoms with Crippen LogP contribution in [0.25, 0.3) is 0 Å². The summed E-state index contributed by atoms with van der Waals surface area (Å²) >= 11 is 5.50. The molecule has 0 radical (unpaired) electrons. The zero-order chi connectivity index (χ0) is 12.8. The number of hydrogen-bond acceptors (Lipinski definition) is 2. The van der Waals surface area contributed by atoms with E-state index < -0.39 is 0 Å². The molecule has 1 rings (SSSR count). The van der Waals surface area contributed by atoms with Gasteiger partial charge in [0.15, 0.2) is 0 Å². The molecule has 1 aromatic carbocycles. The molecule has 0 heterocycles. The Balaban J connectivity index is 2.76. The van der Waals surface area contributed by atoms with Gasteiger partial charge in [-0.2, -0.15) is 0 Å². The summed E-state index contributed by atoms with van der Waals surface area (Å²) in [7, 11) is 1.63. The quantitative estimate of drug-likeness (QED) is 0.822. The molecule has 0 saturated heterocycles. The molecule has 1 N–H and O–H groups in total. The third-order valence-corrected chi connectivity index (χ3v) is 2.88. The van der Waals surface area contributed by atoms with E-state index >= 15 is 0 Å². The van der Waals surface area contributed by atoms with E-state index in [1.165, 1.54) is 11.1 Å². The van der Waals surface area contributed by atoms with E-state index in [9.17, 15) is 4.79 Å². The molecule has 0 atom stereocenters. The van der Waals surface area contributed by atoms with Crippen molar-refractivity contribution in [2.45, 2.75) is 26.8 Å². The van der Waals surface area contributed by atoms with Gasteiger partial charge in [0.25, 0.3) is 0 Å². The summed E-state index contributed by atoms with van der Waals surface area (Å²) in [5, 5.41) is 2.82. The Bertz CT molecular complexity index is 405. The predicted octanol–water partition coefficient (Wildman–Crippen LogP) is 2.56. The van der Waals surface area contributed by atoms with E-state index in [0.717, 1.165) is 11.3 Å². The molecule has 4 heteroatoms. The van der Waals surface area contributed by atoms with E-state index in [0.29, 0.717) is 18.8 Å². The Hall–Kier alpha value is -1.22. The molecule has 3 nitrogen and oxygen atoms in total. The molecule has 0 aromatic heterocycles. The van der Waals surface area contributed by atoms with Crippen LogP contribution < -0.4 is 10.1 Å². The molecule has 94 valence electrons. The number of halogens is 1. The molecule has 0 aliphatic carbocycles. The van der Waals surface area contributed by atoms with Crippen LogP contribution in [0.5, 0.6) is 5.75 Å². The van der Waals surface area contributed by atoms with E-state index in [4.69, 9.17) is 16.3 Å². The number of rotatable bonds is 5. The van der Waals surface area contributed by atoms with Crippen molar-refractivity contribution in [2.75, 3.05) is 13.0 Å². The summed E-state index contributed by atoms with van der Waals surface area (Å²) in [5.41, 5.74) is 3.35. The lowest BCUT2D eigenvalue weighted by Crippen LogP contribution is -2.23. The number of alkyl halides is 1. The van der Waals surface area contributed by atoms with Gasteiger partial charge >= 0.3 is 0 Å². The summed E-state index contributed by atoms with van der Waals surface area (Å²) in [6.07, 6.45) is 0.342. The number of ether oxygens (including phenoxy) is 1. The number of hydrogen-bond donors (Lipinski definition) is 1. The summed E-state index contributed by atoms with van der Waals surface area (Å²) < 4.78 is 5.30. The van der Waals surface area contributed by atoms with Gasteiger partial charge in [-0.25, -0.2) is 0 Å². The maximum atomic E-state index is 11.3. The van der Waals surface area contributed by atoms with Crippen molar-refractivity contribution in [3.63, 3.8) is 0 Å². The number of nitrogens with one attached hydrogen (secondary N) is 1. The topological polar surface area (TPSA) is 38.3 Å². The van der Waals surface area contributed by atoms with E-state index in [1.54, 1.807) is 7.11 Å². The number of benzene rings is 1. The largest absolute Gasteiger partial charge is 0.496 e. The smallest absolute Gasteiger partial charge is 0.221 e. The molecular weight excluding hydrogens is 238 g/mol. The fourth-order valence-electron chi connectivity index (χ4n) is 1.55. The van der Waals surface area contributed by atoms with Gasteiger partial charge in [0.2, 0.25) is 5.91 Å². The first-order chi connectivity index (χ1) is 8.08. The first-order valence-corrected chi connectivity index (χ1v) is 6.08. The zero-order valence-corrected chi connectivity index (χ0v) is 11.2. The van der Waals surface area contributed by atoms with E-state index in [1.807, 2.05) is 26.0 Å². The lowest BCUT2D eigenvalue weighted by Gasteiger charge is -2.12. The van der Waals surface area contributed by atoms with Gasteiger partial charge in [0, 0.05) is 24.4 Å². The highest BCUT2D eigenvalue weighted by Crippen LogP contribution is 2.22. The van der Waals surface area contributed by atoms with Crippen LogP contribution in [-0.2, 0) is 11.3 Å². The second-order valence-corrected chi connectivity index (χ2v) is 4.34. The Kier molecular flexibility index (Phi) is 5.29. The van der Waals surface area contributed by atoms with Crippen molar-refractivity contribution in [3.8, 4) is 5.75 Å². The molecule has 0 aliphatic rings. The van der Waals surface area contributed by atoms with E-state index in [-0.39, 0.29) is 5.91 Å². The van der Waals surface area contributed by atoms with Crippen LogP contribution in [0.3, 0.4) is 0 Å². The normalized spacial score (nSPS) is 10.1. The number of carbonyl (C=O) groups is 1. The van der Waals surface area contributed by atoms with Gasteiger partial charge in [0.1, 0.15) is 5.75 Å². The van der Waals surface area contributed by atoms with Crippen LogP contribution in [0.4, 0.5) is 0 Å². The molecule has 0 unspecified atom stereocenters. The molecule has 0 spiro atoms. The van der Waals surface area contributed by atoms with Crippen molar-refractivity contribution >= 4 is 17.5 Å². The molecule has 17 heavy (non-hydrogen) atoms. The Morgan fingerprint density at radius 1 is 1.35 bits per heavy atom. The molecule has 0 fully saturated rings. The fourth-order valence-corrected chi connectivity index (χ4v) is 1.72. The standard InChI is InChI=1S/C13H18ClNO2/c1-9-6-11(8-15-13(16)4-5-14)12(17-3)7-10(9)2/h6-7H,4-5,8H2,1-3H3,(H,15,16). The second kappa shape index (κ2) is 6.50. The van der Waals surface area contributed by atoms with Crippen molar-refractivity contribution in [2.24, 2.45) is 0 Å². The van der Waals surface area contributed by atoms with Crippen LogP contribution in [0.1, 0.15) is 23.1 Å². The highest BCUT2D eigenvalue weighted by Gasteiger charge is 2.07. The molecule has 1 amide bonds. The zero-order valence-electron chi connectivity index (χ0n) is 10.5. The maximum absolute atomic E-state index is 11.3. The minimum absolute atomic E-state index is 0.0414. The molecular formula is C13H18ClNO2. The number of aryl methyl sites for hydroxylation is 2. The van der Waals surface area contributed by atoms with Gasteiger partial charge in [-0.1, -0.05) is 6.07 Å². The molecule has 0 saturated carbocycles. The van der Waals surface area contributed by atoms with Gasteiger partial charge in [-0.15, -0.1) is 11.6 Å². The third-order valence-electron chi connectivity index (χ3n) is 2.69. The van der Waals surface area contributed by atoms with E-state index in [2.05, 4.69) is 5.32 Å². The predicted molar refractivity (Wildman–Crippen MR) is 69.7 cm³/mol. The third kappa shape index (κ3) is 3.93. The number of carbonyl (C=O) groups excluding carboxylic acids is 1. The number of methoxy groups -OCH3 is 1. The summed E-state index contributed by atoms with van der Waals surface area (Å²) in [4.78, 5) is 11.3. The maximum Gasteiger partial charge on any atom is 0.221 e. The first kappa shape index (κ1) is 13.8. The Morgan fingerprint density at radius 3 is 2.59 bits per heavy atom. The van der Waals surface area contributed by atoms with Crippen molar-refractivity contribution < 1.29 is 9.53 Å². The van der Waals surface area contributed by atoms with Crippen LogP contribution in [-0.4, -0.2) is 18.9 Å². The summed E-state index contributed by atoms with van der Waals surface area (Å²) in [6.45, 7) is 4.55. The fraction of sp³-hybridized carbons (Fsp3) is 0.462. The lowest BCUT2D eigenvalue weighted by atomic mass is 10.0. The van der Waals surface area contributed by atoms with Crippen LogP contribution in [0.15, 0.2) is 12.1 Å². The summed E-state index contributed by atoms with van der Waals surface area (Å²) in [6, 6.07) is 4.02. The average Bonchev–Trinajstić information content (AvgIpc) is 2.30. The van der Waals surface area contributed by atoms with Crippen LogP contribution >= 0.6 is 11.6 Å². The Labute approximate surface area is 107 Å². The summed E-state index contributed by atoms with van der Waals surface area (Å²) in [5.74, 6) is 1.11. The van der Waals surface area contributed by atoms with Gasteiger partial charge in [-0.3, -0.25) is 4.79 Å². The van der Waals surface area contributed by atoms with Gasteiger partial charge in [0.05, 0.1) is 7.11 Å². The van der Waals surface area contributed by atoms with Crippen molar-refractivity contribution in [3.05, 3.63) is 28.8 Å². The van der Waals surface area contributed by atoms with Crippen molar-refractivity contribution in [1.29, 1.82) is 0 Å². The van der Waals surface area contributed by atoms with Gasteiger partial charge < -0.3 is 10.1 Å². The monoisotopic (exact) mass is 255 g/mol. The number of amides is 1. The van der Waals surface area contributed by atoms with Crippen molar-refractivity contribution in [1.82, 2.24) is 5.32 Å². The lowest BCUT2D eigenvalue weighted by molar-refractivity contribution is -0.120. The second-order valence-electron chi connectivity index (χ2n) is 3.96. The molecule has 1 aromatic rings. The SMILES string of the molecule is COc1cc(C)c(C)cc1CNC(=O)CCCl. The Morgan fingerprint density at radius 2 is 2.00 bits per heavy atom. The highest BCUT2D eigenvalue weighted by molar-refractivity contribution is 6.18. The van der Waals surface area contributed by atoms with Crippen LogP contribution in [0, 0.1) is 13.8 Å². The highest BCUT2D eigenvalue weighted by atomic mass is 35.5. The van der Waals surface area contributed by atoms with Crippen LogP contribution in [0.2, 0.25) is 0 Å². The average molecular weight is 256 g/mol. The molecule has 0 aliphatic heterocycles. The minimum Gasteiger partial charge on any atom is -0.496 e. The first-order valence-electron chi connectivity index (χ1n) is 5.55. The minimum atomic E-state index is -0.0414. The van der Waals surface area contributed by atoms with Gasteiger partial charge in [-0.05, 0) is 31.0 Å².